The van der Waals surface area contributed by atoms with Crippen molar-refractivity contribution in [3.63, 3.8) is 0 Å². The van der Waals surface area contributed by atoms with Gasteiger partial charge in [0.1, 0.15) is 23.0 Å². The van der Waals surface area contributed by atoms with Gasteiger partial charge in [0.25, 0.3) is 0 Å². The number of hydrogen-bond donors (Lipinski definition) is 2. The highest BCUT2D eigenvalue weighted by Crippen LogP contribution is 2.41. The Bertz CT molecular complexity index is 1000. The third-order valence-electron chi connectivity index (χ3n) is 3.98. The average molecular weight is 370 g/mol. The molecule has 0 saturated carbocycles. The van der Waals surface area contributed by atoms with E-state index in [9.17, 15) is 5.11 Å². The fraction of sp³-hybridized carbons (Fsp3) is 0.158. The second-order valence-electron chi connectivity index (χ2n) is 5.43. The number of H-pyrrole nitrogens is 1. The number of nitrogens with zero attached hydrogens (tertiary/aromatic N) is 1. The summed E-state index contributed by atoms with van der Waals surface area (Å²) in [5.41, 5.74) is 2.60. The number of aromatic hydroxyl groups is 1. The lowest BCUT2D eigenvalue weighted by Gasteiger charge is -2.15. The van der Waals surface area contributed by atoms with Crippen LogP contribution in [0.3, 0.4) is 0 Å². The number of nitrogens with one attached hydrogen (secondary N) is 1. The number of rotatable bonds is 5. The summed E-state index contributed by atoms with van der Waals surface area (Å²) >= 11 is 5.21. The van der Waals surface area contributed by atoms with Gasteiger partial charge in [0, 0.05) is 22.9 Å². The fourth-order valence-electron chi connectivity index (χ4n) is 2.68. The van der Waals surface area contributed by atoms with Gasteiger partial charge in [-0.15, -0.1) is 0 Å². The SMILES string of the molecule is COc1ccc(O)c(-c2cnc(=S)[nH]c2-c2cc(OC)ccc2OC)c1. The zero-order valence-corrected chi connectivity index (χ0v) is 15.4. The van der Waals surface area contributed by atoms with Crippen LogP contribution in [0.5, 0.6) is 23.0 Å². The molecule has 0 radical (unpaired) electrons. The van der Waals surface area contributed by atoms with E-state index in [4.69, 9.17) is 26.4 Å². The molecule has 0 saturated heterocycles. The number of benzene rings is 2. The molecule has 6 nitrogen and oxygen atoms in total. The van der Waals surface area contributed by atoms with E-state index in [1.165, 1.54) is 0 Å². The molecule has 0 aliphatic heterocycles. The highest BCUT2D eigenvalue weighted by Gasteiger charge is 2.17. The Morgan fingerprint density at radius 3 is 2.19 bits per heavy atom. The van der Waals surface area contributed by atoms with E-state index in [1.807, 2.05) is 6.07 Å². The molecule has 0 aliphatic rings. The summed E-state index contributed by atoms with van der Waals surface area (Å²) < 4.78 is 16.4. The van der Waals surface area contributed by atoms with Crippen molar-refractivity contribution in [2.75, 3.05) is 21.3 Å². The predicted octanol–water partition coefficient (Wildman–Crippen LogP) is 4.20. The third-order valence-corrected chi connectivity index (χ3v) is 4.19. The first kappa shape index (κ1) is 17.8. The van der Waals surface area contributed by atoms with E-state index in [1.54, 1.807) is 57.9 Å². The number of aromatic nitrogens is 2. The lowest BCUT2D eigenvalue weighted by atomic mass is 9.99. The molecule has 0 fully saturated rings. The van der Waals surface area contributed by atoms with Crippen LogP contribution in [-0.2, 0) is 0 Å². The summed E-state index contributed by atoms with van der Waals surface area (Å²) in [5, 5.41) is 10.4. The van der Waals surface area contributed by atoms with E-state index >= 15 is 0 Å². The molecule has 26 heavy (non-hydrogen) atoms. The molecule has 0 amide bonds. The maximum absolute atomic E-state index is 10.4. The second kappa shape index (κ2) is 7.45. The maximum Gasteiger partial charge on any atom is 0.197 e. The quantitative estimate of drug-likeness (QED) is 0.656. The molecule has 7 heteroatoms. The van der Waals surface area contributed by atoms with E-state index in [2.05, 4.69) is 9.97 Å². The summed E-state index contributed by atoms with van der Waals surface area (Å²) in [4.78, 5) is 7.27. The summed E-state index contributed by atoms with van der Waals surface area (Å²) in [7, 11) is 4.75. The zero-order valence-electron chi connectivity index (χ0n) is 14.6. The van der Waals surface area contributed by atoms with Gasteiger partial charge in [-0.25, -0.2) is 4.98 Å². The maximum atomic E-state index is 10.4. The molecule has 1 aromatic heterocycles. The van der Waals surface area contributed by atoms with Crippen molar-refractivity contribution in [2.24, 2.45) is 0 Å². The van der Waals surface area contributed by atoms with Crippen molar-refractivity contribution in [3.05, 3.63) is 47.4 Å². The van der Waals surface area contributed by atoms with Crippen LogP contribution in [0.15, 0.2) is 42.6 Å². The molecule has 2 N–H and O–H groups in total. The Hall–Kier alpha value is -3.06. The van der Waals surface area contributed by atoms with Gasteiger partial charge < -0.3 is 24.3 Å². The van der Waals surface area contributed by atoms with Crippen molar-refractivity contribution >= 4 is 12.2 Å². The minimum atomic E-state index is 0.0984. The molecule has 0 bridgehead atoms. The molecule has 1 heterocycles. The topological polar surface area (TPSA) is 76.6 Å². The lowest BCUT2D eigenvalue weighted by Crippen LogP contribution is -1.97. The summed E-state index contributed by atoms with van der Waals surface area (Å²) in [6.45, 7) is 0. The summed E-state index contributed by atoms with van der Waals surface area (Å²) in [6.07, 6.45) is 1.61. The Morgan fingerprint density at radius 2 is 1.54 bits per heavy atom. The predicted molar refractivity (Wildman–Crippen MR) is 102 cm³/mol. The van der Waals surface area contributed by atoms with Gasteiger partial charge in [0.2, 0.25) is 0 Å². The van der Waals surface area contributed by atoms with Gasteiger partial charge in [-0.1, -0.05) is 0 Å². The minimum Gasteiger partial charge on any atom is -0.507 e. The van der Waals surface area contributed by atoms with Crippen LogP contribution in [0.2, 0.25) is 0 Å². The second-order valence-corrected chi connectivity index (χ2v) is 5.81. The molecule has 0 atom stereocenters. The molecular weight excluding hydrogens is 352 g/mol. The van der Waals surface area contributed by atoms with Gasteiger partial charge in [-0.2, -0.15) is 0 Å². The normalized spacial score (nSPS) is 10.4. The molecule has 3 aromatic rings. The van der Waals surface area contributed by atoms with Crippen LogP contribution in [0.4, 0.5) is 0 Å². The average Bonchev–Trinajstić information content (AvgIpc) is 2.68. The van der Waals surface area contributed by atoms with E-state index < -0.39 is 0 Å². The zero-order chi connectivity index (χ0) is 18.7. The molecule has 0 spiro atoms. The molecule has 3 rings (SSSR count). The van der Waals surface area contributed by atoms with Crippen LogP contribution in [0.1, 0.15) is 0 Å². The van der Waals surface area contributed by atoms with Gasteiger partial charge in [-0.05, 0) is 48.6 Å². The summed E-state index contributed by atoms with van der Waals surface area (Å²) in [5.74, 6) is 2.01. The van der Waals surface area contributed by atoms with Crippen molar-refractivity contribution in [1.82, 2.24) is 9.97 Å². The number of hydrogen-bond acceptors (Lipinski definition) is 6. The van der Waals surface area contributed by atoms with Crippen molar-refractivity contribution in [2.45, 2.75) is 0 Å². The Labute approximate surface area is 156 Å². The standard InChI is InChI=1S/C19H18N2O4S/c1-23-11-4-6-16(22)13(8-11)15-10-20-19(26)21-18(15)14-9-12(24-2)5-7-17(14)25-3/h4-10,22H,1-3H3,(H,20,21,26). The highest BCUT2D eigenvalue weighted by atomic mass is 32.1. The van der Waals surface area contributed by atoms with Crippen molar-refractivity contribution in [3.8, 4) is 45.4 Å². The molecule has 134 valence electrons. The van der Waals surface area contributed by atoms with Gasteiger partial charge in [0.05, 0.1) is 27.0 Å². The first-order valence-corrected chi connectivity index (χ1v) is 8.17. The van der Waals surface area contributed by atoms with Crippen LogP contribution in [-0.4, -0.2) is 36.4 Å². The number of ether oxygens (including phenoxy) is 3. The number of methoxy groups -OCH3 is 3. The monoisotopic (exact) mass is 370 g/mol. The fourth-order valence-corrected chi connectivity index (χ4v) is 2.83. The van der Waals surface area contributed by atoms with Gasteiger partial charge in [-0.3, -0.25) is 0 Å². The van der Waals surface area contributed by atoms with Crippen molar-refractivity contribution < 1.29 is 19.3 Å². The first-order valence-electron chi connectivity index (χ1n) is 7.76. The largest absolute Gasteiger partial charge is 0.507 e. The molecule has 0 unspecified atom stereocenters. The highest BCUT2D eigenvalue weighted by molar-refractivity contribution is 7.71. The van der Waals surface area contributed by atoms with Crippen LogP contribution in [0, 0.1) is 4.77 Å². The Kier molecular flexibility index (Phi) is 5.09. The third kappa shape index (κ3) is 3.34. The van der Waals surface area contributed by atoms with Gasteiger partial charge >= 0.3 is 0 Å². The summed E-state index contributed by atoms with van der Waals surface area (Å²) in [6, 6.07) is 10.4. The Morgan fingerprint density at radius 1 is 0.885 bits per heavy atom. The van der Waals surface area contributed by atoms with Crippen LogP contribution in [0.25, 0.3) is 22.4 Å². The number of aromatic amines is 1. The molecule has 0 aliphatic carbocycles. The van der Waals surface area contributed by atoms with Gasteiger partial charge in [0.15, 0.2) is 4.77 Å². The van der Waals surface area contributed by atoms with E-state index in [0.29, 0.717) is 38.8 Å². The smallest absolute Gasteiger partial charge is 0.197 e. The lowest BCUT2D eigenvalue weighted by molar-refractivity contribution is 0.404. The minimum absolute atomic E-state index is 0.0984. The molecular formula is C19H18N2O4S. The molecule has 2 aromatic carbocycles. The van der Waals surface area contributed by atoms with Crippen LogP contribution < -0.4 is 14.2 Å². The number of phenolic OH excluding ortho intramolecular Hbond substituents is 1. The van der Waals surface area contributed by atoms with E-state index in [-0.39, 0.29) is 5.75 Å². The van der Waals surface area contributed by atoms with E-state index in [0.717, 1.165) is 5.56 Å². The first-order chi connectivity index (χ1) is 12.6. The van der Waals surface area contributed by atoms with Crippen molar-refractivity contribution in [1.29, 1.82) is 0 Å². The number of phenols is 1. The Balaban J connectivity index is 2.31. The van der Waals surface area contributed by atoms with Crippen LogP contribution >= 0.6 is 12.2 Å².